The molecule has 1 aromatic heterocycles. The zero-order valence-electron chi connectivity index (χ0n) is 17.2. The van der Waals surface area contributed by atoms with Crippen molar-refractivity contribution < 1.29 is 17.6 Å². The molecule has 1 saturated heterocycles. The van der Waals surface area contributed by atoms with Gasteiger partial charge in [0.15, 0.2) is 5.82 Å². The summed E-state index contributed by atoms with van der Waals surface area (Å²) in [6.07, 6.45) is 2.75. The summed E-state index contributed by atoms with van der Waals surface area (Å²) in [6.45, 7) is 1.70. The number of likely N-dealkylation sites (tertiary alicyclic amines) is 1. The summed E-state index contributed by atoms with van der Waals surface area (Å²) in [6, 6.07) is 3.56. The van der Waals surface area contributed by atoms with Gasteiger partial charge in [-0.1, -0.05) is 6.08 Å². The number of allylic oxidation sites excluding steroid dienone is 1. The Labute approximate surface area is 177 Å². The van der Waals surface area contributed by atoms with Gasteiger partial charge in [-0.05, 0) is 36.0 Å². The number of nitroso groups, excluding NO2 is 1. The maximum atomic E-state index is 13.2. The number of fused-ring (bicyclic) bond motifs is 1. The van der Waals surface area contributed by atoms with Gasteiger partial charge < -0.3 is 5.32 Å². The van der Waals surface area contributed by atoms with Crippen molar-refractivity contribution in [1.29, 1.82) is 0 Å². The first-order chi connectivity index (χ1) is 14.6. The Bertz CT molecular complexity index is 915. The van der Waals surface area contributed by atoms with Gasteiger partial charge in [-0.25, -0.2) is 27.6 Å². The van der Waals surface area contributed by atoms with Crippen LogP contribution in [0.25, 0.3) is 5.57 Å². The topological polar surface area (TPSA) is 60.8 Å². The minimum Gasteiger partial charge on any atom is -0.381 e. The third kappa shape index (κ3) is 3.90. The van der Waals surface area contributed by atoms with Crippen molar-refractivity contribution >= 4 is 17.1 Å². The van der Waals surface area contributed by atoms with Gasteiger partial charge in [-0.3, -0.25) is 4.90 Å². The zero-order chi connectivity index (χ0) is 22.0. The van der Waals surface area contributed by atoms with Crippen LogP contribution in [-0.4, -0.2) is 54.5 Å². The van der Waals surface area contributed by atoms with Gasteiger partial charge in [0.2, 0.25) is 0 Å². The second-order valence-corrected chi connectivity index (χ2v) is 9.41. The zero-order valence-corrected chi connectivity index (χ0v) is 17.2. The van der Waals surface area contributed by atoms with E-state index in [0.29, 0.717) is 23.3 Å². The van der Waals surface area contributed by atoms with Gasteiger partial charge in [0.05, 0.1) is 16.7 Å². The van der Waals surface area contributed by atoms with E-state index in [-0.39, 0.29) is 31.8 Å². The number of aromatic nitrogens is 1. The van der Waals surface area contributed by atoms with E-state index in [1.54, 1.807) is 6.07 Å². The van der Waals surface area contributed by atoms with Gasteiger partial charge >= 0.3 is 0 Å². The number of nitrogens with zero attached hydrogens (tertiary/aromatic N) is 4. The minimum atomic E-state index is -2.62. The van der Waals surface area contributed by atoms with E-state index in [0.717, 1.165) is 35.8 Å². The van der Waals surface area contributed by atoms with Crippen LogP contribution in [0.3, 0.4) is 0 Å². The van der Waals surface area contributed by atoms with Crippen molar-refractivity contribution in [3.05, 3.63) is 28.8 Å². The Kier molecular flexibility index (Phi) is 4.76. The van der Waals surface area contributed by atoms with E-state index in [1.165, 1.54) is 7.05 Å². The summed E-state index contributed by atoms with van der Waals surface area (Å²) in [5, 5.41) is 6.98. The summed E-state index contributed by atoms with van der Waals surface area (Å²) < 4.78 is 52.7. The van der Waals surface area contributed by atoms with Gasteiger partial charge in [-0.15, -0.1) is 4.91 Å². The van der Waals surface area contributed by atoms with Crippen LogP contribution in [0.1, 0.15) is 31.4 Å². The highest BCUT2D eigenvalue weighted by atomic mass is 19.3. The molecule has 0 aromatic carbocycles. The second kappa shape index (κ2) is 7.15. The predicted molar refractivity (Wildman–Crippen MR) is 109 cm³/mol. The summed E-state index contributed by atoms with van der Waals surface area (Å²) in [7, 11) is 1.47. The molecule has 3 unspecified atom stereocenters. The third-order valence-electron chi connectivity index (χ3n) is 7.13. The molecule has 1 aliphatic heterocycles. The Balaban J connectivity index is 1.28. The van der Waals surface area contributed by atoms with E-state index in [9.17, 15) is 22.5 Å². The molecule has 0 radical (unpaired) electrons. The highest BCUT2D eigenvalue weighted by Gasteiger charge is 2.56. The highest BCUT2D eigenvalue weighted by Crippen LogP contribution is 2.49. The van der Waals surface area contributed by atoms with Crippen LogP contribution in [0.4, 0.5) is 29.1 Å². The average Bonchev–Trinajstić information content (AvgIpc) is 3.02. The number of nitrogens with one attached hydrogen (secondary N) is 1. The normalized spacial score (nSPS) is 31.0. The molecule has 3 fully saturated rings. The standard InChI is InChI=1S/C21H25F4N5O/c1-29(28-31)19-18(26-9-15-6-21(15,24)25)3-2-17(27-19)12-4-13-10-30(11-14(13)5-12)16-7-20(22,23)8-16/h2-4,13-16,26H,5-11H2,1H3. The molecule has 6 nitrogen and oxygen atoms in total. The van der Waals surface area contributed by atoms with Gasteiger partial charge in [0.25, 0.3) is 11.8 Å². The fraction of sp³-hybridized carbons (Fsp3) is 0.667. The van der Waals surface area contributed by atoms with Crippen molar-refractivity contribution in [2.75, 3.05) is 37.0 Å². The van der Waals surface area contributed by atoms with Gasteiger partial charge in [0, 0.05) is 57.9 Å². The Morgan fingerprint density at radius 2 is 1.97 bits per heavy atom. The number of alkyl halides is 4. The first-order valence-electron chi connectivity index (χ1n) is 10.7. The molecule has 168 valence electrons. The third-order valence-corrected chi connectivity index (χ3v) is 7.13. The van der Waals surface area contributed by atoms with Gasteiger partial charge in [0.1, 0.15) is 0 Å². The molecule has 1 aromatic rings. The molecule has 1 N–H and O–H groups in total. The molecule has 3 aliphatic carbocycles. The van der Waals surface area contributed by atoms with Crippen molar-refractivity contribution in [3.63, 3.8) is 0 Å². The smallest absolute Gasteiger partial charge is 0.253 e. The van der Waals surface area contributed by atoms with Crippen LogP contribution in [0.15, 0.2) is 23.5 Å². The summed E-state index contributed by atoms with van der Waals surface area (Å²) >= 11 is 0. The van der Waals surface area contributed by atoms with Crippen LogP contribution >= 0.6 is 0 Å². The lowest BCUT2D eigenvalue weighted by atomic mass is 9.87. The van der Waals surface area contributed by atoms with Crippen LogP contribution in [0.2, 0.25) is 0 Å². The number of rotatable bonds is 7. The molecule has 2 saturated carbocycles. The van der Waals surface area contributed by atoms with Crippen LogP contribution < -0.4 is 10.3 Å². The number of anilines is 2. The highest BCUT2D eigenvalue weighted by molar-refractivity contribution is 5.72. The maximum Gasteiger partial charge on any atom is 0.253 e. The number of hydrogen-bond acceptors (Lipinski definition) is 5. The van der Waals surface area contributed by atoms with Gasteiger partial charge in [-0.2, -0.15) is 0 Å². The van der Waals surface area contributed by atoms with Crippen LogP contribution in [0, 0.1) is 22.7 Å². The number of halogens is 4. The van der Waals surface area contributed by atoms with E-state index < -0.39 is 17.8 Å². The lowest BCUT2D eigenvalue weighted by molar-refractivity contribution is -0.121. The van der Waals surface area contributed by atoms with Crippen molar-refractivity contribution in [3.8, 4) is 0 Å². The molecule has 31 heavy (non-hydrogen) atoms. The molecule has 10 heteroatoms. The molecule has 3 atom stereocenters. The molecular formula is C21H25F4N5O. The number of hydrogen-bond donors (Lipinski definition) is 1. The predicted octanol–water partition coefficient (Wildman–Crippen LogP) is 4.40. The summed E-state index contributed by atoms with van der Waals surface area (Å²) in [5.41, 5.74) is 2.28. The number of pyridine rings is 1. The Morgan fingerprint density at radius 3 is 2.58 bits per heavy atom. The largest absolute Gasteiger partial charge is 0.381 e. The first kappa shape index (κ1) is 20.7. The second-order valence-electron chi connectivity index (χ2n) is 9.41. The average molecular weight is 439 g/mol. The Morgan fingerprint density at radius 1 is 1.23 bits per heavy atom. The minimum absolute atomic E-state index is 0.0151. The monoisotopic (exact) mass is 439 g/mol. The Hall–Kier alpha value is -2.23. The SMILES string of the molecule is CN(N=O)c1nc(C2=CC3CN(C4CC(F)(F)C4)CC3C2)ccc1NCC1CC1(F)F. The van der Waals surface area contributed by atoms with Crippen LogP contribution in [-0.2, 0) is 0 Å². The quantitative estimate of drug-likeness (QED) is 0.388. The molecule has 2 heterocycles. The maximum absolute atomic E-state index is 13.2. The van der Waals surface area contributed by atoms with E-state index >= 15 is 0 Å². The van der Waals surface area contributed by atoms with Crippen molar-refractivity contribution in [2.24, 2.45) is 23.0 Å². The first-order valence-corrected chi connectivity index (χ1v) is 10.7. The van der Waals surface area contributed by atoms with Crippen LogP contribution in [0.5, 0.6) is 0 Å². The van der Waals surface area contributed by atoms with Crippen molar-refractivity contribution in [1.82, 2.24) is 9.88 Å². The van der Waals surface area contributed by atoms with E-state index in [4.69, 9.17) is 0 Å². The molecule has 4 aliphatic rings. The molecular weight excluding hydrogens is 414 g/mol. The molecule has 0 amide bonds. The molecule has 0 spiro atoms. The lowest BCUT2D eigenvalue weighted by Crippen LogP contribution is -2.50. The lowest BCUT2D eigenvalue weighted by Gasteiger charge is -2.41. The fourth-order valence-corrected chi connectivity index (χ4v) is 5.10. The fourth-order valence-electron chi connectivity index (χ4n) is 5.10. The molecule has 5 rings (SSSR count). The van der Waals surface area contributed by atoms with E-state index in [1.807, 2.05) is 6.07 Å². The summed E-state index contributed by atoms with van der Waals surface area (Å²) in [5.74, 6) is -4.84. The summed E-state index contributed by atoms with van der Waals surface area (Å²) in [4.78, 5) is 17.9. The van der Waals surface area contributed by atoms with E-state index in [2.05, 4.69) is 26.6 Å². The molecule has 0 bridgehead atoms. The van der Waals surface area contributed by atoms with Crippen molar-refractivity contribution in [2.45, 2.75) is 43.6 Å².